The molecule has 0 aromatic heterocycles. The van der Waals surface area contributed by atoms with E-state index in [-0.39, 0.29) is 30.5 Å². The normalized spacial score (nSPS) is 18.2. The van der Waals surface area contributed by atoms with Crippen molar-refractivity contribution < 1.29 is 13.2 Å². The van der Waals surface area contributed by atoms with E-state index in [1.807, 2.05) is 6.92 Å². The van der Waals surface area contributed by atoms with E-state index >= 15 is 0 Å². The quantitative estimate of drug-likeness (QED) is 0.367. The first-order valence-electron chi connectivity index (χ1n) is 7.90. The molecule has 1 fully saturated rings. The SMILES string of the molecule is CCNC(=NCCC(F)(F)F)NCCN1CCCN(C)CC1.I. The first-order valence-corrected chi connectivity index (χ1v) is 7.90. The molecular formula is C14H29F3IN5. The molecule has 0 atom stereocenters. The van der Waals surface area contributed by atoms with Crippen molar-refractivity contribution >= 4 is 29.9 Å². The molecular weight excluding hydrogens is 422 g/mol. The van der Waals surface area contributed by atoms with Crippen LogP contribution in [0.15, 0.2) is 4.99 Å². The number of likely N-dealkylation sites (N-methyl/N-ethyl adjacent to an activating group) is 1. The maximum atomic E-state index is 12.1. The zero-order chi connectivity index (χ0) is 16.4. The van der Waals surface area contributed by atoms with Gasteiger partial charge < -0.3 is 20.4 Å². The van der Waals surface area contributed by atoms with Gasteiger partial charge in [-0.15, -0.1) is 24.0 Å². The summed E-state index contributed by atoms with van der Waals surface area (Å²) in [6, 6.07) is 0. The van der Waals surface area contributed by atoms with E-state index in [1.54, 1.807) is 0 Å². The number of hydrogen-bond acceptors (Lipinski definition) is 3. The van der Waals surface area contributed by atoms with Gasteiger partial charge in [0.15, 0.2) is 5.96 Å². The molecule has 1 aliphatic rings. The lowest BCUT2D eigenvalue weighted by Crippen LogP contribution is -2.42. The minimum atomic E-state index is -4.15. The van der Waals surface area contributed by atoms with Crippen LogP contribution in [0.2, 0.25) is 0 Å². The Morgan fingerprint density at radius 3 is 2.52 bits per heavy atom. The Balaban J connectivity index is 0.00000484. The largest absolute Gasteiger partial charge is 0.390 e. The fourth-order valence-corrected chi connectivity index (χ4v) is 2.29. The Labute approximate surface area is 154 Å². The lowest BCUT2D eigenvalue weighted by molar-refractivity contribution is -0.132. The molecule has 2 N–H and O–H groups in total. The summed E-state index contributed by atoms with van der Waals surface area (Å²) in [5.74, 6) is 0.457. The van der Waals surface area contributed by atoms with Gasteiger partial charge in [0.2, 0.25) is 0 Å². The van der Waals surface area contributed by atoms with Crippen molar-refractivity contribution in [3.8, 4) is 0 Å². The molecule has 0 saturated carbocycles. The summed E-state index contributed by atoms with van der Waals surface area (Å²) in [6.45, 7) is 8.10. The minimum Gasteiger partial charge on any atom is -0.357 e. The number of halogens is 4. The average molecular weight is 451 g/mol. The molecule has 0 radical (unpaired) electrons. The highest BCUT2D eigenvalue weighted by atomic mass is 127. The van der Waals surface area contributed by atoms with Crippen molar-refractivity contribution in [1.29, 1.82) is 0 Å². The predicted octanol–water partition coefficient (Wildman–Crippen LogP) is 1.75. The van der Waals surface area contributed by atoms with Crippen molar-refractivity contribution in [2.24, 2.45) is 4.99 Å². The summed E-state index contributed by atoms with van der Waals surface area (Å²) < 4.78 is 36.4. The van der Waals surface area contributed by atoms with Crippen LogP contribution in [-0.4, -0.2) is 81.3 Å². The van der Waals surface area contributed by atoms with E-state index in [1.165, 1.54) is 0 Å². The zero-order valence-corrected chi connectivity index (χ0v) is 16.3. The van der Waals surface area contributed by atoms with Crippen LogP contribution in [0.25, 0.3) is 0 Å². The minimum absolute atomic E-state index is 0. The fourth-order valence-electron chi connectivity index (χ4n) is 2.29. The van der Waals surface area contributed by atoms with Crippen LogP contribution in [-0.2, 0) is 0 Å². The van der Waals surface area contributed by atoms with Gasteiger partial charge in [0, 0.05) is 32.7 Å². The van der Waals surface area contributed by atoms with Crippen molar-refractivity contribution in [3.63, 3.8) is 0 Å². The molecule has 0 aliphatic carbocycles. The first kappa shape index (κ1) is 22.7. The highest BCUT2D eigenvalue weighted by Crippen LogP contribution is 2.18. The van der Waals surface area contributed by atoms with Crippen LogP contribution >= 0.6 is 24.0 Å². The third-order valence-electron chi connectivity index (χ3n) is 3.54. The van der Waals surface area contributed by atoms with E-state index in [0.29, 0.717) is 19.0 Å². The van der Waals surface area contributed by atoms with E-state index in [0.717, 1.165) is 39.1 Å². The van der Waals surface area contributed by atoms with Gasteiger partial charge in [0.05, 0.1) is 13.0 Å². The number of alkyl halides is 3. The van der Waals surface area contributed by atoms with E-state index in [2.05, 4.69) is 32.5 Å². The van der Waals surface area contributed by atoms with Gasteiger partial charge in [-0.25, -0.2) is 0 Å². The number of hydrogen-bond donors (Lipinski definition) is 2. The van der Waals surface area contributed by atoms with Crippen molar-refractivity contribution in [2.45, 2.75) is 25.9 Å². The van der Waals surface area contributed by atoms with Crippen LogP contribution in [0.4, 0.5) is 13.2 Å². The van der Waals surface area contributed by atoms with Crippen LogP contribution in [0.5, 0.6) is 0 Å². The molecule has 1 heterocycles. The van der Waals surface area contributed by atoms with Gasteiger partial charge in [-0.1, -0.05) is 0 Å². The van der Waals surface area contributed by atoms with Crippen LogP contribution < -0.4 is 10.6 Å². The van der Waals surface area contributed by atoms with Crippen molar-refractivity contribution in [3.05, 3.63) is 0 Å². The Morgan fingerprint density at radius 1 is 1.13 bits per heavy atom. The molecule has 0 bridgehead atoms. The Hall–Kier alpha value is -0.290. The second-order valence-electron chi connectivity index (χ2n) is 5.55. The summed E-state index contributed by atoms with van der Waals surface area (Å²) in [5, 5.41) is 6.07. The molecule has 138 valence electrons. The summed E-state index contributed by atoms with van der Waals surface area (Å²) in [6.07, 6.45) is -3.89. The second-order valence-corrected chi connectivity index (χ2v) is 5.55. The maximum Gasteiger partial charge on any atom is 0.390 e. The summed E-state index contributed by atoms with van der Waals surface area (Å²) in [5.41, 5.74) is 0. The topological polar surface area (TPSA) is 42.9 Å². The standard InChI is InChI=1S/C14H28F3N5.HI/c1-3-18-13(19-6-5-14(15,16)17)20-7-10-22-9-4-8-21(2)11-12-22;/h3-12H2,1-2H3,(H2,18,19,20);1H. The predicted molar refractivity (Wildman–Crippen MR) is 98.6 cm³/mol. The van der Waals surface area contributed by atoms with Crippen molar-refractivity contribution in [2.75, 3.05) is 59.4 Å². The third kappa shape index (κ3) is 11.8. The van der Waals surface area contributed by atoms with Crippen molar-refractivity contribution in [1.82, 2.24) is 20.4 Å². The molecule has 0 unspecified atom stereocenters. The monoisotopic (exact) mass is 451 g/mol. The van der Waals surface area contributed by atoms with E-state index < -0.39 is 12.6 Å². The smallest absolute Gasteiger partial charge is 0.357 e. The number of guanidine groups is 1. The number of aliphatic imine (C=N–C) groups is 1. The lowest BCUT2D eigenvalue weighted by atomic mass is 10.4. The highest BCUT2D eigenvalue weighted by Gasteiger charge is 2.26. The molecule has 0 spiro atoms. The highest BCUT2D eigenvalue weighted by molar-refractivity contribution is 14.0. The van der Waals surface area contributed by atoms with Crippen LogP contribution in [0.3, 0.4) is 0 Å². The Morgan fingerprint density at radius 2 is 1.87 bits per heavy atom. The van der Waals surface area contributed by atoms with Gasteiger partial charge in [0.1, 0.15) is 0 Å². The van der Waals surface area contributed by atoms with Gasteiger partial charge in [-0.3, -0.25) is 4.99 Å². The molecule has 1 saturated heterocycles. The first-order chi connectivity index (χ1) is 10.4. The number of nitrogens with one attached hydrogen (secondary N) is 2. The number of nitrogens with zero attached hydrogens (tertiary/aromatic N) is 3. The van der Waals surface area contributed by atoms with E-state index in [9.17, 15) is 13.2 Å². The summed E-state index contributed by atoms with van der Waals surface area (Å²) >= 11 is 0. The molecule has 23 heavy (non-hydrogen) atoms. The van der Waals surface area contributed by atoms with E-state index in [4.69, 9.17) is 0 Å². The van der Waals surface area contributed by atoms with Crippen LogP contribution in [0.1, 0.15) is 19.8 Å². The molecule has 1 rings (SSSR count). The second kappa shape index (κ2) is 12.1. The molecule has 9 heteroatoms. The van der Waals surface area contributed by atoms with Gasteiger partial charge in [-0.05, 0) is 33.5 Å². The lowest BCUT2D eigenvalue weighted by Gasteiger charge is -2.21. The molecule has 0 amide bonds. The molecule has 5 nitrogen and oxygen atoms in total. The van der Waals surface area contributed by atoms with Crippen LogP contribution in [0, 0.1) is 0 Å². The molecule has 0 aromatic rings. The Kier molecular flexibility index (Phi) is 12.0. The third-order valence-corrected chi connectivity index (χ3v) is 3.54. The fraction of sp³-hybridized carbons (Fsp3) is 0.929. The molecule has 1 aliphatic heterocycles. The number of rotatable bonds is 6. The average Bonchev–Trinajstić information content (AvgIpc) is 2.62. The summed E-state index contributed by atoms with van der Waals surface area (Å²) in [4.78, 5) is 8.65. The zero-order valence-electron chi connectivity index (χ0n) is 14.0. The summed E-state index contributed by atoms with van der Waals surface area (Å²) in [7, 11) is 2.12. The van der Waals surface area contributed by atoms with Gasteiger partial charge >= 0.3 is 6.18 Å². The van der Waals surface area contributed by atoms with Gasteiger partial charge in [0.25, 0.3) is 0 Å². The maximum absolute atomic E-state index is 12.1. The molecule has 0 aromatic carbocycles. The Bertz CT molecular complexity index is 339. The van der Waals surface area contributed by atoms with Gasteiger partial charge in [-0.2, -0.15) is 13.2 Å².